The fraction of sp³-hybridized carbons (Fsp3) is 0.240. The van der Waals surface area contributed by atoms with Crippen LogP contribution in [0.25, 0.3) is 11.1 Å². The lowest BCUT2D eigenvalue weighted by Crippen LogP contribution is -2.28. The van der Waals surface area contributed by atoms with Crippen molar-refractivity contribution in [3.05, 3.63) is 83.9 Å². The first-order chi connectivity index (χ1) is 14.6. The molecule has 0 fully saturated rings. The third kappa shape index (κ3) is 5.84. The lowest BCUT2D eigenvalue weighted by Gasteiger charge is -2.14. The van der Waals surface area contributed by atoms with Crippen molar-refractivity contribution < 1.29 is 14.3 Å². The van der Waals surface area contributed by atoms with Crippen LogP contribution < -0.4 is 14.8 Å². The van der Waals surface area contributed by atoms with E-state index in [2.05, 4.69) is 54.6 Å². The summed E-state index contributed by atoms with van der Waals surface area (Å²) in [4.78, 5) is 14.4. The van der Waals surface area contributed by atoms with Gasteiger partial charge in [-0.1, -0.05) is 60.7 Å². The second kappa shape index (κ2) is 10.5. The highest BCUT2D eigenvalue weighted by atomic mass is 16.5. The maximum absolute atomic E-state index is 12.3. The largest absolute Gasteiger partial charge is 0.493 e. The van der Waals surface area contributed by atoms with E-state index < -0.39 is 0 Å². The molecule has 0 saturated carbocycles. The number of amides is 1. The van der Waals surface area contributed by atoms with E-state index >= 15 is 0 Å². The molecule has 5 nitrogen and oxygen atoms in total. The Labute approximate surface area is 178 Å². The van der Waals surface area contributed by atoms with E-state index in [9.17, 15) is 4.79 Å². The SMILES string of the molecule is COc1ccccc1OCC(=O)NCc1ccccc1-c1ccc(CN(C)C)cc1. The highest BCUT2D eigenvalue weighted by Gasteiger charge is 2.09. The van der Waals surface area contributed by atoms with Crippen molar-refractivity contribution in [1.29, 1.82) is 0 Å². The first kappa shape index (κ1) is 21.4. The van der Waals surface area contributed by atoms with Gasteiger partial charge in [0.2, 0.25) is 0 Å². The molecule has 3 aromatic rings. The second-order valence-electron chi connectivity index (χ2n) is 7.31. The first-order valence-electron chi connectivity index (χ1n) is 9.91. The minimum Gasteiger partial charge on any atom is -0.493 e. The van der Waals surface area contributed by atoms with Crippen molar-refractivity contribution in [2.75, 3.05) is 27.8 Å². The predicted octanol–water partition coefficient (Wildman–Crippen LogP) is 4.12. The average molecular weight is 405 g/mol. The van der Waals surface area contributed by atoms with Gasteiger partial charge in [0, 0.05) is 13.1 Å². The Morgan fingerprint density at radius 1 is 0.900 bits per heavy atom. The van der Waals surface area contributed by atoms with Crippen LogP contribution in [0.3, 0.4) is 0 Å². The van der Waals surface area contributed by atoms with Gasteiger partial charge in [0.15, 0.2) is 18.1 Å². The van der Waals surface area contributed by atoms with Gasteiger partial charge in [-0.05, 0) is 48.5 Å². The van der Waals surface area contributed by atoms with Crippen LogP contribution in [0, 0.1) is 0 Å². The standard InChI is InChI=1S/C25H28N2O3/c1-27(2)17-19-12-14-20(15-13-19)22-9-5-4-8-21(22)16-26-25(28)18-30-24-11-7-6-10-23(24)29-3/h4-15H,16-18H2,1-3H3,(H,26,28). The second-order valence-corrected chi connectivity index (χ2v) is 7.31. The van der Waals surface area contributed by atoms with Gasteiger partial charge in [-0.3, -0.25) is 4.79 Å². The molecule has 0 aliphatic rings. The summed E-state index contributed by atoms with van der Waals surface area (Å²) in [5, 5.41) is 2.94. The van der Waals surface area contributed by atoms with E-state index in [0.717, 1.165) is 23.2 Å². The van der Waals surface area contributed by atoms with Gasteiger partial charge in [-0.15, -0.1) is 0 Å². The molecule has 0 saturated heterocycles. The topological polar surface area (TPSA) is 50.8 Å². The maximum atomic E-state index is 12.3. The molecule has 0 spiro atoms. The van der Waals surface area contributed by atoms with Gasteiger partial charge in [0.05, 0.1) is 7.11 Å². The molecule has 5 heteroatoms. The zero-order valence-electron chi connectivity index (χ0n) is 17.7. The normalized spacial score (nSPS) is 10.7. The number of hydrogen-bond acceptors (Lipinski definition) is 4. The Morgan fingerprint density at radius 3 is 2.27 bits per heavy atom. The van der Waals surface area contributed by atoms with E-state index in [1.54, 1.807) is 19.2 Å². The molecule has 0 heterocycles. The Balaban J connectivity index is 1.61. The predicted molar refractivity (Wildman–Crippen MR) is 120 cm³/mol. The maximum Gasteiger partial charge on any atom is 0.258 e. The van der Waals surface area contributed by atoms with Crippen LogP contribution in [0.1, 0.15) is 11.1 Å². The van der Waals surface area contributed by atoms with Crippen molar-refractivity contribution in [3.8, 4) is 22.6 Å². The molecule has 30 heavy (non-hydrogen) atoms. The van der Waals surface area contributed by atoms with Gasteiger partial charge in [0.25, 0.3) is 5.91 Å². The van der Waals surface area contributed by atoms with Crippen LogP contribution in [0.15, 0.2) is 72.8 Å². The number of benzene rings is 3. The van der Waals surface area contributed by atoms with Gasteiger partial charge in [-0.25, -0.2) is 0 Å². The van der Waals surface area contributed by atoms with Gasteiger partial charge in [0.1, 0.15) is 0 Å². The van der Waals surface area contributed by atoms with E-state index in [-0.39, 0.29) is 12.5 Å². The smallest absolute Gasteiger partial charge is 0.258 e. The van der Waals surface area contributed by atoms with E-state index in [1.165, 1.54) is 5.56 Å². The van der Waals surface area contributed by atoms with Crippen molar-refractivity contribution >= 4 is 5.91 Å². The monoisotopic (exact) mass is 404 g/mol. The number of carbonyl (C=O) groups is 1. The summed E-state index contributed by atoms with van der Waals surface area (Å²) in [5.74, 6) is 0.971. The molecule has 0 aromatic heterocycles. The summed E-state index contributed by atoms with van der Waals surface area (Å²) in [5.41, 5.74) is 4.57. The highest BCUT2D eigenvalue weighted by Crippen LogP contribution is 2.26. The Hall–Kier alpha value is -3.31. The minimum atomic E-state index is -0.183. The molecule has 0 unspecified atom stereocenters. The zero-order valence-corrected chi connectivity index (χ0v) is 17.7. The van der Waals surface area contributed by atoms with E-state index in [0.29, 0.717) is 18.0 Å². The summed E-state index contributed by atoms with van der Waals surface area (Å²) < 4.78 is 10.8. The zero-order chi connectivity index (χ0) is 21.3. The Bertz CT molecular complexity index is 968. The molecule has 3 rings (SSSR count). The Kier molecular flexibility index (Phi) is 7.46. The summed E-state index contributed by atoms with van der Waals surface area (Å²) >= 11 is 0. The number of ether oxygens (including phenoxy) is 2. The lowest BCUT2D eigenvalue weighted by molar-refractivity contribution is -0.123. The molecule has 0 aliphatic heterocycles. The van der Waals surface area contributed by atoms with E-state index in [4.69, 9.17) is 9.47 Å². The number of nitrogens with zero attached hydrogens (tertiary/aromatic N) is 1. The fourth-order valence-electron chi connectivity index (χ4n) is 3.24. The fourth-order valence-corrected chi connectivity index (χ4v) is 3.24. The van der Waals surface area contributed by atoms with Crippen LogP contribution in [-0.4, -0.2) is 38.6 Å². The number of para-hydroxylation sites is 2. The summed E-state index contributed by atoms with van der Waals surface area (Å²) in [6.07, 6.45) is 0. The molecule has 0 radical (unpaired) electrons. The molecule has 0 atom stereocenters. The van der Waals surface area contributed by atoms with Crippen LogP contribution in [0.4, 0.5) is 0 Å². The van der Waals surface area contributed by atoms with Gasteiger partial charge >= 0.3 is 0 Å². The third-order valence-electron chi connectivity index (χ3n) is 4.68. The van der Waals surface area contributed by atoms with Crippen LogP contribution in [0.5, 0.6) is 11.5 Å². The highest BCUT2D eigenvalue weighted by molar-refractivity contribution is 5.78. The summed E-state index contributed by atoms with van der Waals surface area (Å²) in [6, 6.07) is 23.9. The number of carbonyl (C=O) groups excluding carboxylic acids is 1. The summed E-state index contributed by atoms with van der Waals surface area (Å²) in [7, 11) is 5.69. The number of hydrogen-bond donors (Lipinski definition) is 1. The summed E-state index contributed by atoms with van der Waals surface area (Å²) in [6.45, 7) is 1.27. The Morgan fingerprint density at radius 2 is 1.57 bits per heavy atom. The first-order valence-corrected chi connectivity index (χ1v) is 9.91. The van der Waals surface area contributed by atoms with Crippen LogP contribution in [0.2, 0.25) is 0 Å². The molecule has 0 aliphatic carbocycles. The number of methoxy groups -OCH3 is 1. The van der Waals surface area contributed by atoms with Gasteiger partial charge in [-0.2, -0.15) is 0 Å². The van der Waals surface area contributed by atoms with E-state index in [1.807, 2.05) is 30.3 Å². The minimum absolute atomic E-state index is 0.0677. The van der Waals surface area contributed by atoms with Crippen molar-refractivity contribution in [1.82, 2.24) is 10.2 Å². The van der Waals surface area contributed by atoms with Crippen molar-refractivity contribution in [2.24, 2.45) is 0 Å². The van der Waals surface area contributed by atoms with Crippen molar-refractivity contribution in [2.45, 2.75) is 13.1 Å². The van der Waals surface area contributed by atoms with Crippen molar-refractivity contribution in [3.63, 3.8) is 0 Å². The molecule has 1 amide bonds. The number of rotatable bonds is 9. The number of nitrogens with one attached hydrogen (secondary N) is 1. The van der Waals surface area contributed by atoms with Crippen LogP contribution >= 0.6 is 0 Å². The van der Waals surface area contributed by atoms with Crippen LogP contribution in [-0.2, 0) is 17.9 Å². The third-order valence-corrected chi connectivity index (χ3v) is 4.68. The lowest BCUT2D eigenvalue weighted by atomic mass is 9.98. The molecular formula is C25H28N2O3. The molecule has 3 aromatic carbocycles. The molecule has 156 valence electrons. The molecule has 1 N–H and O–H groups in total. The quantitative estimate of drug-likeness (QED) is 0.583. The molecular weight excluding hydrogens is 376 g/mol. The van der Waals surface area contributed by atoms with Gasteiger partial charge < -0.3 is 19.7 Å². The average Bonchev–Trinajstić information content (AvgIpc) is 2.77. The molecule has 0 bridgehead atoms.